The topological polar surface area (TPSA) is 46.6 Å². The lowest BCUT2D eigenvalue weighted by molar-refractivity contribution is -0.122. The maximum atomic E-state index is 12.3. The number of carbonyl (C=O) groups is 2. The largest absolute Gasteiger partial charge is 0.491 e. The molecule has 0 spiro atoms. The molecule has 4 heteroatoms. The molecule has 0 bridgehead atoms. The number of Topliss-reactive ketones (excluding diaryl/α,β-unsaturated/α-hetero) is 1. The van der Waals surface area contributed by atoms with Crippen molar-refractivity contribution in [2.24, 2.45) is 11.8 Å². The fourth-order valence-corrected chi connectivity index (χ4v) is 2.70. The third-order valence-electron chi connectivity index (χ3n) is 4.32. The maximum Gasteiger partial charge on any atom is 0.233 e. The van der Waals surface area contributed by atoms with Crippen LogP contribution < -0.4 is 9.64 Å². The van der Waals surface area contributed by atoms with Crippen LogP contribution in [0.15, 0.2) is 18.2 Å². The lowest BCUT2D eigenvalue weighted by atomic mass is 9.80. The maximum absolute atomic E-state index is 12.3. The number of rotatable bonds is 2. The summed E-state index contributed by atoms with van der Waals surface area (Å²) in [6.45, 7) is 2.23. The van der Waals surface area contributed by atoms with E-state index in [1.807, 2.05) is 19.1 Å². The summed E-state index contributed by atoms with van der Waals surface area (Å²) in [6, 6.07) is 5.42. The summed E-state index contributed by atoms with van der Waals surface area (Å²) in [5.41, 5.74) is 1.38. The van der Waals surface area contributed by atoms with E-state index in [-0.39, 0.29) is 23.5 Å². The Morgan fingerprint density at radius 3 is 2.75 bits per heavy atom. The van der Waals surface area contributed by atoms with Gasteiger partial charge in [-0.15, -0.1) is 0 Å². The average molecular weight is 273 g/mol. The van der Waals surface area contributed by atoms with Crippen LogP contribution in [0.5, 0.6) is 5.75 Å². The van der Waals surface area contributed by atoms with Gasteiger partial charge in [-0.25, -0.2) is 0 Å². The molecular formula is C16H19NO3. The number of ketones is 1. The van der Waals surface area contributed by atoms with Crippen molar-refractivity contribution >= 4 is 17.4 Å². The molecule has 1 unspecified atom stereocenters. The summed E-state index contributed by atoms with van der Waals surface area (Å²) in [7, 11) is 1.74. The summed E-state index contributed by atoms with van der Waals surface area (Å²) < 4.78 is 5.66. The SMILES string of the molecule is CC1COc2ccc(C(=O)C3CCC3)cc2N(C)C1=O. The molecule has 0 saturated heterocycles. The van der Waals surface area contributed by atoms with Crippen LogP contribution in [0.2, 0.25) is 0 Å². The van der Waals surface area contributed by atoms with E-state index in [4.69, 9.17) is 4.74 Å². The van der Waals surface area contributed by atoms with Gasteiger partial charge in [0.05, 0.1) is 18.2 Å². The molecule has 20 heavy (non-hydrogen) atoms. The Morgan fingerprint density at radius 1 is 1.35 bits per heavy atom. The van der Waals surface area contributed by atoms with Gasteiger partial charge in [0, 0.05) is 18.5 Å². The number of anilines is 1. The Balaban J connectivity index is 1.95. The van der Waals surface area contributed by atoms with Crippen LogP contribution in [0.25, 0.3) is 0 Å². The zero-order valence-electron chi connectivity index (χ0n) is 11.9. The van der Waals surface area contributed by atoms with E-state index in [1.54, 1.807) is 18.0 Å². The molecule has 1 amide bonds. The average Bonchev–Trinajstić information content (AvgIpc) is 2.49. The lowest BCUT2D eigenvalue weighted by Crippen LogP contribution is -2.31. The Bertz CT molecular complexity index is 563. The van der Waals surface area contributed by atoms with Crippen molar-refractivity contribution in [2.75, 3.05) is 18.6 Å². The van der Waals surface area contributed by atoms with Gasteiger partial charge in [-0.2, -0.15) is 0 Å². The van der Waals surface area contributed by atoms with E-state index in [9.17, 15) is 9.59 Å². The fourth-order valence-electron chi connectivity index (χ4n) is 2.70. The third-order valence-corrected chi connectivity index (χ3v) is 4.32. The van der Waals surface area contributed by atoms with E-state index >= 15 is 0 Å². The Morgan fingerprint density at radius 2 is 2.10 bits per heavy atom. The highest BCUT2D eigenvalue weighted by Crippen LogP contribution is 2.35. The van der Waals surface area contributed by atoms with Crippen LogP contribution in [-0.2, 0) is 4.79 Å². The number of hydrogen-bond donors (Lipinski definition) is 0. The number of hydrogen-bond acceptors (Lipinski definition) is 3. The van der Waals surface area contributed by atoms with Crippen LogP contribution >= 0.6 is 0 Å². The Hall–Kier alpha value is -1.84. The highest BCUT2D eigenvalue weighted by molar-refractivity contribution is 6.02. The van der Waals surface area contributed by atoms with Gasteiger partial charge in [-0.3, -0.25) is 9.59 Å². The normalized spacial score (nSPS) is 22.6. The molecule has 4 nitrogen and oxygen atoms in total. The van der Waals surface area contributed by atoms with Crippen LogP contribution in [0.3, 0.4) is 0 Å². The molecule has 1 aromatic rings. The van der Waals surface area contributed by atoms with Crippen LogP contribution in [-0.4, -0.2) is 25.3 Å². The molecule has 1 aliphatic carbocycles. The van der Waals surface area contributed by atoms with Crippen molar-refractivity contribution < 1.29 is 14.3 Å². The second-order valence-electron chi connectivity index (χ2n) is 5.78. The van der Waals surface area contributed by atoms with Crippen LogP contribution in [0.4, 0.5) is 5.69 Å². The van der Waals surface area contributed by atoms with Gasteiger partial charge in [0.1, 0.15) is 5.75 Å². The number of amides is 1. The van der Waals surface area contributed by atoms with Crippen molar-refractivity contribution in [2.45, 2.75) is 26.2 Å². The minimum atomic E-state index is -0.168. The number of ether oxygens (including phenoxy) is 1. The van der Waals surface area contributed by atoms with E-state index in [0.29, 0.717) is 23.6 Å². The predicted octanol–water partition coefficient (Wildman–Crippen LogP) is 2.66. The molecule has 1 atom stereocenters. The molecule has 1 fully saturated rings. The van der Waals surface area contributed by atoms with E-state index in [1.165, 1.54) is 0 Å². The van der Waals surface area contributed by atoms with Gasteiger partial charge in [-0.05, 0) is 31.0 Å². The second-order valence-corrected chi connectivity index (χ2v) is 5.78. The number of benzene rings is 1. The van der Waals surface area contributed by atoms with Crippen molar-refractivity contribution in [3.05, 3.63) is 23.8 Å². The molecule has 1 aliphatic heterocycles. The zero-order chi connectivity index (χ0) is 14.3. The molecule has 106 valence electrons. The molecule has 2 aliphatic rings. The molecule has 1 aromatic carbocycles. The summed E-state index contributed by atoms with van der Waals surface area (Å²) in [6.07, 6.45) is 3.11. The molecule has 0 radical (unpaired) electrons. The zero-order valence-corrected chi connectivity index (χ0v) is 11.9. The minimum Gasteiger partial charge on any atom is -0.491 e. The quantitative estimate of drug-likeness (QED) is 0.778. The van der Waals surface area contributed by atoms with Crippen molar-refractivity contribution in [3.63, 3.8) is 0 Å². The monoisotopic (exact) mass is 273 g/mol. The number of nitrogens with zero attached hydrogens (tertiary/aromatic N) is 1. The summed E-state index contributed by atoms with van der Waals surface area (Å²) in [5.74, 6) is 0.891. The molecule has 1 heterocycles. The van der Waals surface area contributed by atoms with Crippen molar-refractivity contribution in [3.8, 4) is 5.75 Å². The van der Waals surface area contributed by atoms with E-state index in [0.717, 1.165) is 19.3 Å². The molecule has 0 N–H and O–H groups in total. The highest BCUT2D eigenvalue weighted by Gasteiger charge is 2.29. The highest BCUT2D eigenvalue weighted by atomic mass is 16.5. The first-order valence-corrected chi connectivity index (χ1v) is 7.16. The minimum absolute atomic E-state index is 0.0250. The van der Waals surface area contributed by atoms with Gasteiger partial charge < -0.3 is 9.64 Å². The van der Waals surface area contributed by atoms with Gasteiger partial charge in [0.2, 0.25) is 5.91 Å². The standard InChI is InChI=1S/C16H19NO3/c1-10-9-20-14-7-6-12(15(18)11-4-3-5-11)8-13(14)17(2)16(10)19/h6-8,10-11H,3-5,9H2,1-2H3. The first-order valence-electron chi connectivity index (χ1n) is 7.16. The summed E-state index contributed by atoms with van der Waals surface area (Å²) >= 11 is 0. The fraction of sp³-hybridized carbons (Fsp3) is 0.500. The van der Waals surface area contributed by atoms with Gasteiger partial charge in [0.25, 0.3) is 0 Å². The second kappa shape index (κ2) is 4.93. The summed E-state index contributed by atoms with van der Waals surface area (Å²) in [5, 5.41) is 0. The van der Waals surface area contributed by atoms with E-state index in [2.05, 4.69) is 0 Å². The third kappa shape index (κ3) is 2.09. The molecule has 1 saturated carbocycles. The first kappa shape index (κ1) is 13.2. The number of fused-ring (bicyclic) bond motifs is 1. The Kier molecular flexibility index (Phi) is 3.24. The Labute approximate surface area is 118 Å². The molecule has 0 aromatic heterocycles. The van der Waals surface area contributed by atoms with Crippen LogP contribution in [0, 0.1) is 11.8 Å². The molecule has 3 rings (SSSR count). The van der Waals surface area contributed by atoms with Gasteiger partial charge in [0.15, 0.2) is 5.78 Å². The van der Waals surface area contributed by atoms with E-state index < -0.39 is 0 Å². The van der Waals surface area contributed by atoms with Gasteiger partial charge >= 0.3 is 0 Å². The predicted molar refractivity (Wildman–Crippen MR) is 76.2 cm³/mol. The van der Waals surface area contributed by atoms with Crippen LogP contribution in [0.1, 0.15) is 36.5 Å². The smallest absolute Gasteiger partial charge is 0.233 e. The first-order chi connectivity index (χ1) is 9.58. The van der Waals surface area contributed by atoms with Crippen molar-refractivity contribution in [1.29, 1.82) is 0 Å². The number of carbonyl (C=O) groups excluding carboxylic acids is 2. The van der Waals surface area contributed by atoms with Crippen molar-refractivity contribution in [1.82, 2.24) is 0 Å². The summed E-state index contributed by atoms with van der Waals surface area (Å²) in [4.78, 5) is 26.1. The lowest BCUT2D eigenvalue weighted by Gasteiger charge is -2.24. The molecular weight excluding hydrogens is 254 g/mol. The van der Waals surface area contributed by atoms with Gasteiger partial charge in [-0.1, -0.05) is 13.3 Å².